The van der Waals surface area contributed by atoms with Crippen molar-refractivity contribution in [1.29, 1.82) is 0 Å². The van der Waals surface area contributed by atoms with Gasteiger partial charge >= 0.3 is 0 Å². The van der Waals surface area contributed by atoms with E-state index in [1.54, 1.807) is 0 Å². The summed E-state index contributed by atoms with van der Waals surface area (Å²) in [5, 5.41) is 9.59. The van der Waals surface area contributed by atoms with E-state index in [4.69, 9.17) is 0 Å². The number of nitrogens with zero attached hydrogens (tertiary/aromatic N) is 1. The van der Waals surface area contributed by atoms with Crippen LogP contribution in [-0.4, -0.2) is 34.1 Å². The van der Waals surface area contributed by atoms with Gasteiger partial charge in [0, 0.05) is 18.5 Å². The van der Waals surface area contributed by atoms with Gasteiger partial charge in [-0.15, -0.1) is 0 Å². The Kier molecular flexibility index (Phi) is 3.15. The molecule has 0 aromatic rings. The molecule has 1 N–H and O–H groups in total. The lowest BCUT2D eigenvalue weighted by atomic mass is 9.90. The van der Waals surface area contributed by atoms with E-state index in [1.165, 1.54) is 0 Å². The van der Waals surface area contributed by atoms with Crippen molar-refractivity contribution in [1.82, 2.24) is 4.90 Å². The number of carbonyl (C=O) groups excluding carboxylic acids is 1. The van der Waals surface area contributed by atoms with Crippen molar-refractivity contribution >= 4 is 5.91 Å². The van der Waals surface area contributed by atoms with Crippen LogP contribution in [-0.2, 0) is 4.79 Å². The van der Waals surface area contributed by atoms with Crippen LogP contribution in [0.5, 0.6) is 0 Å². The number of carbonyl (C=O) groups is 1. The lowest BCUT2D eigenvalue weighted by molar-refractivity contribution is -0.136. The molecule has 3 nitrogen and oxygen atoms in total. The average Bonchev–Trinajstić information content (AvgIpc) is 2.20. The van der Waals surface area contributed by atoms with Gasteiger partial charge in [0.2, 0.25) is 5.91 Å². The molecule has 0 saturated carbocycles. The summed E-state index contributed by atoms with van der Waals surface area (Å²) in [7, 11) is 0. The van der Waals surface area contributed by atoms with Crippen molar-refractivity contribution in [3.63, 3.8) is 0 Å². The van der Waals surface area contributed by atoms with Crippen LogP contribution in [0, 0.1) is 5.41 Å². The van der Waals surface area contributed by atoms with Crippen molar-refractivity contribution < 1.29 is 9.90 Å². The summed E-state index contributed by atoms with van der Waals surface area (Å²) in [6.07, 6.45) is 0.871. The molecule has 0 aromatic carbocycles. The van der Waals surface area contributed by atoms with Gasteiger partial charge in [-0.2, -0.15) is 0 Å². The number of aliphatic hydroxyl groups is 1. The molecule has 3 heteroatoms. The number of likely N-dealkylation sites (tertiary alicyclic amines) is 1. The summed E-state index contributed by atoms with van der Waals surface area (Å²) in [5.74, 6) is 0.157. The molecule has 88 valence electrons. The minimum absolute atomic E-state index is 0.0146. The molecular weight excluding hydrogens is 190 g/mol. The Bertz CT molecular complexity index is 253. The molecule has 0 bridgehead atoms. The minimum Gasteiger partial charge on any atom is -0.391 e. The van der Waals surface area contributed by atoms with E-state index in [2.05, 4.69) is 20.8 Å². The van der Waals surface area contributed by atoms with E-state index in [0.29, 0.717) is 19.4 Å². The van der Waals surface area contributed by atoms with Gasteiger partial charge in [-0.1, -0.05) is 20.8 Å². The fourth-order valence-corrected chi connectivity index (χ4v) is 2.20. The number of amides is 1. The zero-order valence-corrected chi connectivity index (χ0v) is 10.5. The Morgan fingerprint density at radius 3 is 2.33 bits per heavy atom. The molecule has 1 aliphatic rings. The molecule has 1 atom stereocenters. The maximum absolute atomic E-state index is 12.0. The van der Waals surface area contributed by atoms with E-state index in [9.17, 15) is 9.90 Å². The topological polar surface area (TPSA) is 40.5 Å². The number of hydrogen-bond acceptors (Lipinski definition) is 2. The number of β-amino-alcohol motifs (C(OH)–C–C–N with tert-alkyl or cyclic N) is 1. The van der Waals surface area contributed by atoms with Crippen LogP contribution in [0.25, 0.3) is 0 Å². The van der Waals surface area contributed by atoms with E-state index in [-0.39, 0.29) is 23.0 Å². The molecule has 1 aliphatic heterocycles. The summed E-state index contributed by atoms with van der Waals surface area (Å²) >= 11 is 0. The highest BCUT2D eigenvalue weighted by Gasteiger charge is 2.40. The molecule has 0 aromatic heterocycles. The standard InChI is InChI=1S/C12H23NO2/c1-11(2,3)7-10(15)13-8-9(14)6-12(13,4)5/h9,14H,6-8H2,1-5H3. The first kappa shape index (κ1) is 12.5. The molecule has 0 spiro atoms. The van der Waals surface area contributed by atoms with E-state index < -0.39 is 0 Å². The molecule has 0 radical (unpaired) electrons. The predicted octanol–water partition coefficient (Wildman–Crippen LogP) is 1.79. The zero-order chi connectivity index (χ0) is 11.9. The Balaban J connectivity index is 2.68. The lowest BCUT2D eigenvalue weighted by Crippen LogP contribution is -2.43. The third-order valence-electron chi connectivity index (χ3n) is 2.84. The van der Waals surface area contributed by atoms with Gasteiger partial charge in [0.05, 0.1) is 6.10 Å². The Morgan fingerprint density at radius 1 is 1.47 bits per heavy atom. The summed E-state index contributed by atoms with van der Waals surface area (Å²) < 4.78 is 0. The van der Waals surface area contributed by atoms with Crippen molar-refractivity contribution in [3.05, 3.63) is 0 Å². The highest BCUT2D eigenvalue weighted by molar-refractivity contribution is 5.78. The predicted molar refractivity (Wildman–Crippen MR) is 60.5 cm³/mol. The van der Waals surface area contributed by atoms with Crippen molar-refractivity contribution in [2.24, 2.45) is 5.41 Å². The SMILES string of the molecule is CC(C)(C)CC(=O)N1CC(O)CC1(C)C. The van der Waals surface area contributed by atoms with Crippen LogP contribution in [0.1, 0.15) is 47.5 Å². The molecule has 1 rings (SSSR count). The van der Waals surface area contributed by atoms with Gasteiger partial charge in [0.1, 0.15) is 0 Å². The monoisotopic (exact) mass is 213 g/mol. The molecule has 0 aliphatic carbocycles. The maximum Gasteiger partial charge on any atom is 0.223 e. The largest absolute Gasteiger partial charge is 0.391 e. The number of rotatable bonds is 1. The first-order chi connectivity index (χ1) is 6.62. The second kappa shape index (κ2) is 3.78. The number of hydrogen-bond donors (Lipinski definition) is 1. The van der Waals surface area contributed by atoms with Gasteiger partial charge in [-0.25, -0.2) is 0 Å². The normalized spacial score (nSPS) is 25.7. The molecular formula is C12H23NO2. The van der Waals surface area contributed by atoms with Gasteiger partial charge in [0.15, 0.2) is 0 Å². The maximum atomic E-state index is 12.0. The van der Waals surface area contributed by atoms with Crippen LogP contribution in [0.15, 0.2) is 0 Å². The van der Waals surface area contributed by atoms with Crippen LogP contribution >= 0.6 is 0 Å². The lowest BCUT2D eigenvalue weighted by Gasteiger charge is -2.33. The first-order valence-electron chi connectivity index (χ1n) is 5.60. The molecule has 1 saturated heterocycles. The third-order valence-corrected chi connectivity index (χ3v) is 2.84. The van der Waals surface area contributed by atoms with Crippen LogP contribution in [0.3, 0.4) is 0 Å². The Labute approximate surface area is 92.5 Å². The average molecular weight is 213 g/mol. The van der Waals surface area contributed by atoms with Gasteiger partial charge in [0.25, 0.3) is 0 Å². The Hall–Kier alpha value is -0.570. The van der Waals surface area contributed by atoms with Crippen molar-refractivity contribution in [3.8, 4) is 0 Å². The van der Waals surface area contributed by atoms with Crippen LogP contribution in [0.4, 0.5) is 0 Å². The highest BCUT2D eigenvalue weighted by atomic mass is 16.3. The quantitative estimate of drug-likeness (QED) is 0.721. The Morgan fingerprint density at radius 2 is 2.00 bits per heavy atom. The summed E-state index contributed by atoms with van der Waals surface area (Å²) in [4.78, 5) is 13.9. The molecule has 1 heterocycles. The smallest absolute Gasteiger partial charge is 0.223 e. The first-order valence-corrected chi connectivity index (χ1v) is 5.60. The van der Waals surface area contributed by atoms with Crippen LogP contribution in [0.2, 0.25) is 0 Å². The van der Waals surface area contributed by atoms with E-state index in [0.717, 1.165) is 0 Å². The molecule has 15 heavy (non-hydrogen) atoms. The fraction of sp³-hybridized carbons (Fsp3) is 0.917. The van der Waals surface area contributed by atoms with Crippen molar-refractivity contribution in [2.75, 3.05) is 6.54 Å². The summed E-state index contributed by atoms with van der Waals surface area (Å²) in [5.41, 5.74) is -0.178. The molecule has 1 unspecified atom stereocenters. The van der Waals surface area contributed by atoms with Gasteiger partial charge in [-0.3, -0.25) is 4.79 Å². The highest BCUT2D eigenvalue weighted by Crippen LogP contribution is 2.31. The van der Waals surface area contributed by atoms with E-state index in [1.807, 2.05) is 18.7 Å². The third kappa shape index (κ3) is 3.20. The molecule has 1 amide bonds. The van der Waals surface area contributed by atoms with Crippen molar-refractivity contribution in [2.45, 2.75) is 59.1 Å². The second-order valence-corrected chi connectivity index (χ2v) is 6.41. The minimum atomic E-state index is -0.357. The second-order valence-electron chi connectivity index (χ2n) is 6.41. The summed E-state index contributed by atoms with van der Waals surface area (Å²) in [6.45, 7) is 10.7. The van der Waals surface area contributed by atoms with Gasteiger partial charge < -0.3 is 10.0 Å². The molecule has 1 fully saturated rings. The zero-order valence-electron chi connectivity index (χ0n) is 10.5. The fourth-order valence-electron chi connectivity index (χ4n) is 2.20. The number of aliphatic hydroxyl groups excluding tert-OH is 1. The van der Waals surface area contributed by atoms with Gasteiger partial charge in [-0.05, 0) is 25.7 Å². The van der Waals surface area contributed by atoms with E-state index >= 15 is 0 Å². The van der Waals surface area contributed by atoms with Crippen LogP contribution < -0.4 is 0 Å². The summed E-state index contributed by atoms with van der Waals surface area (Å²) in [6, 6.07) is 0.